The number of azo groups is 2. The van der Waals surface area contributed by atoms with Crippen LogP contribution in [0.4, 0.5) is 69.3 Å². The first kappa shape index (κ1) is 64.7. The Balaban J connectivity index is 0.855. The second kappa shape index (κ2) is 25.0. The van der Waals surface area contributed by atoms with Crippen LogP contribution in [0.15, 0.2) is 124 Å². The Morgan fingerprint density at radius 1 is 0.629 bits per heavy atom. The number of nitrogens with one attached hydrogen (secondary N) is 4. The Morgan fingerprint density at radius 3 is 1.90 bits per heavy atom. The Morgan fingerprint density at radius 2 is 1.26 bits per heavy atom. The molecule has 1 aliphatic heterocycles. The average Bonchev–Trinajstić information content (AvgIpc) is 0.865. The first-order valence-electron chi connectivity index (χ1n) is 24.7. The van der Waals surface area contributed by atoms with Crippen LogP contribution in [0, 0.1) is 0 Å². The van der Waals surface area contributed by atoms with Crippen molar-refractivity contribution in [2.24, 2.45) is 20.5 Å². The number of nitrogens with two attached hydrogens (primary N) is 1. The Hall–Kier alpha value is -8.78. The molecule has 1 aliphatic rings. The molecule has 0 aliphatic carbocycles. The van der Waals surface area contributed by atoms with Crippen LogP contribution in [0.2, 0.25) is 10.6 Å². The summed E-state index contributed by atoms with van der Waals surface area (Å²) in [7, 11) is -23.9. The van der Waals surface area contributed by atoms with Crippen LogP contribution in [0.5, 0.6) is 11.5 Å². The maximum atomic E-state index is 12.7. The molecular formula is C47H43Cl2N17O18S5. The van der Waals surface area contributed by atoms with Crippen LogP contribution < -0.4 is 36.6 Å². The highest BCUT2D eigenvalue weighted by molar-refractivity contribution is 7.87. The minimum Gasteiger partial charge on any atom is -0.507 e. The molecule has 9 rings (SSSR count). The lowest BCUT2D eigenvalue weighted by atomic mass is 10.1. The van der Waals surface area contributed by atoms with Gasteiger partial charge in [-0.2, -0.15) is 72.0 Å². The molecule has 3 heterocycles. The van der Waals surface area contributed by atoms with E-state index >= 15 is 0 Å². The van der Waals surface area contributed by atoms with Crippen LogP contribution in [-0.4, -0.2) is 157 Å². The van der Waals surface area contributed by atoms with E-state index in [4.69, 9.17) is 33.7 Å². The van der Waals surface area contributed by atoms with Gasteiger partial charge in [-0.3, -0.25) is 32.5 Å². The zero-order valence-corrected chi connectivity index (χ0v) is 50.7. The lowest BCUT2D eigenvalue weighted by molar-refractivity contribution is -0.114. The molecule has 0 saturated carbocycles. The second-order valence-corrected chi connectivity index (χ2v) is 26.3. The maximum Gasteiger partial charge on any atom is 0.297 e. The summed E-state index contributed by atoms with van der Waals surface area (Å²) in [5.41, 5.74) is 3.53. The highest BCUT2D eigenvalue weighted by Gasteiger charge is 2.28. The highest BCUT2D eigenvalue weighted by Crippen LogP contribution is 2.45. The van der Waals surface area contributed by atoms with Crippen LogP contribution in [0.3, 0.4) is 0 Å². The molecule has 12 N–H and O–H groups in total. The number of benzene rings is 6. The maximum absolute atomic E-state index is 12.7. The SMILES string of the molecule is COc1cc(/N=N/c2ccc3c(S(=O)(=O)O)cccc3c2S(=O)(=O)O)c(NC(C)=O)cc1Nc1nc(Cl)nc(N2CCN(CCNc3nc(Cl)nc(Nc4ccc(/N=N/c5c(N)c(S(=O)(=O)O)cc6cc(S(=O)(=O)O)cc(O)c56)c(S(=O)(=O)O)c4)n3)CC2)n1. The van der Waals surface area contributed by atoms with E-state index in [-0.39, 0.29) is 80.2 Å². The molecule has 2 aromatic heterocycles. The summed E-state index contributed by atoms with van der Waals surface area (Å²) < 4.78 is 178. The number of halogens is 2. The average molecular weight is 1370 g/mol. The van der Waals surface area contributed by atoms with Gasteiger partial charge in [-0.25, -0.2) is 0 Å². The molecule has 6 aromatic carbocycles. The fraction of sp³-hybridized carbons (Fsp3) is 0.170. The summed E-state index contributed by atoms with van der Waals surface area (Å²) in [6.45, 7) is 3.71. The van der Waals surface area contributed by atoms with Crippen molar-refractivity contribution in [1.29, 1.82) is 0 Å². The van der Waals surface area contributed by atoms with Gasteiger partial charge in [-0.05, 0) is 77.1 Å². The molecule has 1 saturated heterocycles. The highest BCUT2D eigenvalue weighted by atomic mass is 35.5. The number of phenolic OH excluding ortho intramolecular Hbond substituents is 1. The summed E-state index contributed by atoms with van der Waals surface area (Å²) in [5.74, 6) is -1.44. The van der Waals surface area contributed by atoms with Gasteiger partial charge in [0.15, 0.2) is 0 Å². The molecule has 0 unspecified atom stereocenters. The number of carbonyl (C=O) groups is 1. The fourth-order valence-corrected chi connectivity index (χ4v) is 12.6. The number of rotatable bonds is 20. The van der Waals surface area contributed by atoms with Gasteiger partial charge in [0.1, 0.15) is 53.8 Å². The molecule has 8 aromatic rings. The molecule has 468 valence electrons. The smallest absolute Gasteiger partial charge is 0.297 e. The van der Waals surface area contributed by atoms with E-state index in [1.807, 2.05) is 4.90 Å². The molecule has 89 heavy (non-hydrogen) atoms. The van der Waals surface area contributed by atoms with Gasteiger partial charge in [0.25, 0.3) is 50.6 Å². The van der Waals surface area contributed by atoms with E-state index in [1.54, 1.807) is 0 Å². The number of phenols is 1. The van der Waals surface area contributed by atoms with Gasteiger partial charge in [-0.15, -0.1) is 20.5 Å². The Kier molecular flexibility index (Phi) is 18.2. The van der Waals surface area contributed by atoms with Crippen LogP contribution >= 0.6 is 23.2 Å². The number of amides is 1. The number of nitrogen functional groups attached to an aromatic ring is 1. The van der Waals surface area contributed by atoms with E-state index in [0.29, 0.717) is 44.9 Å². The number of carbonyl (C=O) groups excluding carboxylic acids is 1. The summed E-state index contributed by atoms with van der Waals surface area (Å²) in [4.78, 5) is 37.5. The number of aromatic hydroxyl groups is 1. The lowest BCUT2D eigenvalue weighted by Crippen LogP contribution is -2.48. The number of aromatic nitrogens is 6. The minimum atomic E-state index is -5.16. The van der Waals surface area contributed by atoms with Gasteiger partial charge in [0.05, 0.1) is 34.5 Å². The standard InChI is InChI=1S/C47H43Cl2N17O18S5/c1-22(67)52-30-20-32(34(84-2)21-31(30)63-62-29-9-7-26-27(41(29)89(81,82)83)4-3-5-35(26)86(72,73)74)54-46-57-43(49)58-47(60-46)66-14-12-65(13-15-66)11-10-51-44-55-42(48)56-45(59-44)53-24-6-8-28(36(18-24)87(75,76)77)61-64-40-38-23(17-37(39(40)50)88(78,79)80)16-25(19-33(38)68)85(69,70)71/h3-9,16-21,68H,10-15,50H2,1-2H3,(H,52,67)(H,69,70,71)(H,72,73,74)(H,75,76,77)(H,78,79,80)(H,81,82,83)(H,54,57,58,60)(H2,51,53,55,56,59)/b63-62+,64-61+. The Labute approximate surface area is 512 Å². The zero-order valence-electron chi connectivity index (χ0n) is 45.1. The first-order chi connectivity index (χ1) is 41.6. The van der Waals surface area contributed by atoms with Gasteiger partial charge in [-0.1, -0.05) is 18.2 Å². The largest absolute Gasteiger partial charge is 0.507 e. The van der Waals surface area contributed by atoms with Crippen molar-refractivity contribution in [2.45, 2.75) is 31.4 Å². The molecule has 1 fully saturated rings. The molecule has 0 spiro atoms. The van der Waals surface area contributed by atoms with Gasteiger partial charge in [0.2, 0.25) is 40.3 Å². The summed E-state index contributed by atoms with van der Waals surface area (Å²) in [5, 5.41) is 36.0. The van der Waals surface area contributed by atoms with Crippen molar-refractivity contribution in [3.63, 3.8) is 0 Å². The first-order valence-corrected chi connectivity index (χ1v) is 32.7. The summed E-state index contributed by atoms with van der Waals surface area (Å²) >= 11 is 12.6. The fourth-order valence-electron chi connectivity index (χ4n) is 8.86. The Bertz CT molecular complexity index is 4900. The second-order valence-electron chi connectivity index (χ2n) is 18.6. The van der Waals surface area contributed by atoms with Crippen LogP contribution in [0.1, 0.15) is 6.92 Å². The summed E-state index contributed by atoms with van der Waals surface area (Å²) in [6, 6.07) is 13.5. The normalized spacial score (nSPS) is 13.8. The third-order valence-corrected chi connectivity index (χ3v) is 17.5. The van der Waals surface area contributed by atoms with Gasteiger partial charge >= 0.3 is 0 Å². The number of hydrogen-bond acceptors (Lipinski definition) is 29. The molecule has 0 radical (unpaired) electrons. The number of methoxy groups -OCH3 is 1. The van der Waals surface area contributed by atoms with Crippen molar-refractivity contribution >= 4 is 171 Å². The molecule has 0 bridgehead atoms. The number of anilines is 8. The number of nitrogens with zero attached hydrogens (tertiary/aromatic N) is 12. The van der Waals surface area contributed by atoms with E-state index in [9.17, 15) is 74.8 Å². The predicted octanol–water partition coefficient (Wildman–Crippen LogP) is 6.71. The van der Waals surface area contributed by atoms with Crippen molar-refractivity contribution in [2.75, 3.05) is 78.3 Å². The van der Waals surface area contributed by atoms with Crippen LogP contribution in [0.25, 0.3) is 21.5 Å². The van der Waals surface area contributed by atoms with Gasteiger partial charge < -0.3 is 41.7 Å². The number of fused-ring (bicyclic) bond motifs is 2. The van der Waals surface area contributed by atoms with Crippen molar-refractivity contribution < 1.29 is 79.5 Å². The molecular weight excluding hydrogens is 1320 g/mol. The van der Waals surface area contributed by atoms with Crippen molar-refractivity contribution in [3.8, 4) is 11.5 Å². The van der Waals surface area contributed by atoms with E-state index in [0.717, 1.165) is 42.5 Å². The third kappa shape index (κ3) is 15.0. The van der Waals surface area contributed by atoms with E-state index < -0.39 is 120 Å². The quantitative estimate of drug-likeness (QED) is 0.0214. The number of ether oxygens (including phenoxy) is 1. The van der Waals surface area contributed by atoms with Crippen molar-refractivity contribution in [1.82, 2.24) is 34.8 Å². The number of piperazine rings is 1. The predicted molar refractivity (Wildman–Crippen MR) is 319 cm³/mol. The van der Waals surface area contributed by atoms with E-state index in [1.165, 1.54) is 38.3 Å². The molecule has 42 heteroatoms. The topological polar surface area (TPSA) is 526 Å². The molecule has 1 amide bonds. The monoisotopic (exact) mass is 1360 g/mol. The molecule has 0 atom stereocenters. The molecule has 35 nitrogen and oxygen atoms in total. The third-order valence-electron chi connectivity index (χ3n) is 12.7. The lowest BCUT2D eigenvalue weighted by Gasteiger charge is -2.34. The number of hydrogen-bond donors (Lipinski definition) is 11. The van der Waals surface area contributed by atoms with Gasteiger partial charge in [0, 0.05) is 74.8 Å². The summed E-state index contributed by atoms with van der Waals surface area (Å²) in [6.07, 6.45) is 0. The van der Waals surface area contributed by atoms with Crippen molar-refractivity contribution in [3.05, 3.63) is 89.4 Å². The zero-order chi connectivity index (χ0) is 64.7. The minimum absolute atomic E-state index is 0.00776. The van der Waals surface area contributed by atoms with E-state index in [2.05, 4.69) is 76.5 Å². The van der Waals surface area contributed by atoms with Crippen LogP contribution in [-0.2, 0) is 55.4 Å².